The van der Waals surface area contributed by atoms with Crippen LogP contribution in [0.15, 0.2) is 66.2 Å². The Balaban J connectivity index is 1.22. The van der Waals surface area contributed by atoms with Crippen LogP contribution in [-0.2, 0) is 43.9 Å². The number of carbonyl (C=O) groups is 3. The first kappa shape index (κ1) is 28.7. The highest BCUT2D eigenvalue weighted by Crippen LogP contribution is 2.47. The van der Waals surface area contributed by atoms with E-state index in [1.165, 1.54) is 16.2 Å². The average molecular weight is 598 g/mol. The number of nitrogens with zero attached hydrogens (tertiary/aromatic N) is 3. The van der Waals surface area contributed by atoms with Crippen molar-refractivity contribution < 1.29 is 23.9 Å². The summed E-state index contributed by atoms with van der Waals surface area (Å²) >= 11 is 1.38. The van der Waals surface area contributed by atoms with Crippen LogP contribution < -0.4 is 10.6 Å². The minimum atomic E-state index is -0.695. The maximum absolute atomic E-state index is 13.6. The van der Waals surface area contributed by atoms with Gasteiger partial charge in [0.2, 0.25) is 11.8 Å². The highest BCUT2D eigenvalue weighted by Gasteiger charge is 2.51. The van der Waals surface area contributed by atoms with Crippen LogP contribution in [0.3, 0.4) is 0 Å². The number of amides is 3. The first-order valence-corrected chi connectivity index (χ1v) is 14.7. The number of fused-ring (bicyclic) bond motifs is 3. The molecule has 2 aromatic carbocycles. The SMILES string of the molecule is COC(OC)c1ccccc1CN(CC(=O)Nc1ccc2c(c1)CC1(C2)C(=O)Nc2ncccc21)C(=O)c1csc(C)n1. The van der Waals surface area contributed by atoms with Crippen LogP contribution in [0, 0.1) is 6.92 Å². The summed E-state index contributed by atoms with van der Waals surface area (Å²) < 4.78 is 10.9. The third-order valence-electron chi connectivity index (χ3n) is 8.02. The molecular formula is C32H31N5O5S. The minimum absolute atomic E-state index is 0.0566. The molecule has 1 spiro atoms. The van der Waals surface area contributed by atoms with Crippen LogP contribution >= 0.6 is 11.3 Å². The Morgan fingerprint density at radius 2 is 1.88 bits per heavy atom. The lowest BCUT2D eigenvalue weighted by Crippen LogP contribution is -2.38. The van der Waals surface area contributed by atoms with Gasteiger partial charge in [-0.05, 0) is 54.7 Å². The van der Waals surface area contributed by atoms with Gasteiger partial charge < -0.3 is 25.0 Å². The molecule has 1 aliphatic carbocycles. The molecule has 10 nitrogen and oxygen atoms in total. The molecule has 3 amide bonds. The van der Waals surface area contributed by atoms with E-state index in [1.54, 1.807) is 25.8 Å². The van der Waals surface area contributed by atoms with Crippen molar-refractivity contribution in [2.75, 3.05) is 31.4 Å². The number of hydrogen-bond acceptors (Lipinski definition) is 8. The van der Waals surface area contributed by atoms with E-state index < -0.39 is 11.7 Å². The summed E-state index contributed by atoms with van der Waals surface area (Å²) in [6.07, 6.45) is 2.13. The molecule has 1 aliphatic heterocycles. The zero-order valence-electron chi connectivity index (χ0n) is 24.0. The molecule has 220 valence electrons. The van der Waals surface area contributed by atoms with Crippen molar-refractivity contribution in [1.82, 2.24) is 14.9 Å². The quantitative estimate of drug-likeness (QED) is 0.274. The summed E-state index contributed by atoms with van der Waals surface area (Å²) in [5.41, 5.74) is 4.70. The van der Waals surface area contributed by atoms with Gasteiger partial charge in [-0.2, -0.15) is 0 Å². The zero-order chi connectivity index (χ0) is 30.1. The van der Waals surface area contributed by atoms with Crippen LogP contribution in [0.4, 0.5) is 11.5 Å². The van der Waals surface area contributed by atoms with Gasteiger partial charge in [-0.3, -0.25) is 14.4 Å². The maximum Gasteiger partial charge on any atom is 0.274 e. The van der Waals surface area contributed by atoms with Crippen molar-refractivity contribution in [2.24, 2.45) is 0 Å². The van der Waals surface area contributed by atoms with E-state index in [-0.39, 0.29) is 36.5 Å². The lowest BCUT2D eigenvalue weighted by molar-refractivity contribution is -0.120. The molecule has 0 fully saturated rings. The molecule has 1 unspecified atom stereocenters. The summed E-state index contributed by atoms with van der Waals surface area (Å²) in [4.78, 5) is 50.2. The van der Waals surface area contributed by atoms with Gasteiger partial charge in [0, 0.05) is 49.2 Å². The van der Waals surface area contributed by atoms with Gasteiger partial charge in [-0.1, -0.05) is 36.4 Å². The number of carbonyl (C=O) groups excluding carboxylic acids is 3. The van der Waals surface area contributed by atoms with Crippen LogP contribution in [0.1, 0.15) is 49.6 Å². The number of methoxy groups -OCH3 is 2. The Morgan fingerprint density at radius 1 is 1.09 bits per heavy atom. The molecule has 4 aromatic rings. The summed E-state index contributed by atoms with van der Waals surface area (Å²) in [5, 5.41) is 8.34. The summed E-state index contributed by atoms with van der Waals surface area (Å²) in [6, 6.07) is 17.0. The maximum atomic E-state index is 13.6. The number of hydrogen-bond donors (Lipinski definition) is 2. The molecule has 43 heavy (non-hydrogen) atoms. The van der Waals surface area contributed by atoms with E-state index >= 15 is 0 Å². The molecule has 2 aromatic heterocycles. The average Bonchev–Trinajstić information content (AvgIpc) is 3.69. The monoisotopic (exact) mass is 597 g/mol. The summed E-state index contributed by atoms with van der Waals surface area (Å²) in [7, 11) is 3.10. The number of benzene rings is 2. The number of nitrogens with one attached hydrogen (secondary N) is 2. The Hall–Kier alpha value is -4.45. The van der Waals surface area contributed by atoms with Crippen LogP contribution in [0.2, 0.25) is 0 Å². The fraction of sp³-hybridized carbons (Fsp3) is 0.281. The van der Waals surface area contributed by atoms with E-state index in [0.717, 1.165) is 32.8 Å². The number of anilines is 2. The number of pyridine rings is 1. The largest absolute Gasteiger partial charge is 0.352 e. The van der Waals surface area contributed by atoms with Crippen molar-refractivity contribution in [1.29, 1.82) is 0 Å². The molecule has 2 aliphatic rings. The van der Waals surface area contributed by atoms with Crippen molar-refractivity contribution >= 4 is 40.6 Å². The molecule has 6 rings (SSSR count). The lowest BCUT2D eigenvalue weighted by Gasteiger charge is -2.24. The Bertz CT molecular complexity index is 1720. The second-order valence-corrected chi connectivity index (χ2v) is 11.8. The van der Waals surface area contributed by atoms with E-state index in [2.05, 4.69) is 20.6 Å². The smallest absolute Gasteiger partial charge is 0.274 e. The van der Waals surface area contributed by atoms with Gasteiger partial charge in [0.05, 0.1) is 10.4 Å². The lowest BCUT2D eigenvalue weighted by atomic mass is 9.79. The van der Waals surface area contributed by atoms with Crippen LogP contribution in [0.25, 0.3) is 0 Å². The van der Waals surface area contributed by atoms with Crippen molar-refractivity contribution in [3.63, 3.8) is 0 Å². The Morgan fingerprint density at radius 3 is 2.65 bits per heavy atom. The summed E-state index contributed by atoms with van der Waals surface area (Å²) in [6.45, 7) is 1.78. The first-order chi connectivity index (χ1) is 20.8. The third kappa shape index (κ3) is 5.42. The van der Waals surface area contributed by atoms with E-state index in [0.29, 0.717) is 24.3 Å². The fourth-order valence-corrected chi connectivity index (χ4v) is 6.59. The van der Waals surface area contributed by atoms with Gasteiger partial charge in [-0.15, -0.1) is 11.3 Å². The van der Waals surface area contributed by atoms with Gasteiger partial charge >= 0.3 is 0 Å². The Labute approximate surface area is 253 Å². The normalized spacial score (nSPS) is 16.7. The molecular weight excluding hydrogens is 566 g/mol. The van der Waals surface area contributed by atoms with Gasteiger partial charge in [0.15, 0.2) is 6.29 Å². The molecule has 0 bridgehead atoms. The Kier molecular flexibility index (Phi) is 7.78. The van der Waals surface area contributed by atoms with Crippen molar-refractivity contribution in [2.45, 2.75) is 38.0 Å². The predicted molar refractivity (Wildman–Crippen MR) is 162 cm³/mol. The standard InChI is InChI=1S/C32H31N5O5S/c1-19-34-26(18-43-19)29(39)37(16-21-7-4-5-8-24(21)30(41-2)42-3)17-27(38)35-23-11-10-20-14-32(15-22(20)13-23)25-9-6-12-33-28(25)36-31(32)40/h4-13,18,30H,14-17H2,1-3H3,(H,35,38)(H,33,36,40). The van der Waals surface area contributed by atoms with E-state index in [9.17, 15) is 14.4 Å². The topological polar surface area (TPSA) is 123 Å². The van der Waals surface area contributed by atoms with Crippen LogP contribution in [-0.4, -0.2) is 53.4 Å². The number of aromatic nitrogens is 2. The highest BCUT2D eigenvalue weighted by molar-refractivity contribution is 7.09. The van der Waals surface area contributed by atoms with Gasteiger partial charge in [0.1, 0.15) is 18.1 Å². The predicted octanol–water partition coefficient (Wildman–Crippen LogP) is 4.41. The van der Waals surface area contributed by atoms with Crippen molar-refractivity contribution in [3.8, 4) is 0 Å². The number of rotatable bonds is 9. The van der Waals surface area contributed by atoms with Crippen LogP contribution in [0.5, 0.6) is 0 Å². The van der Waals surface area contributed by atoms with Gasteiger partial charge in [0.25, 0.3) is 5.91 Å². The fourth-order valence-electron chi connectivity index (χ4n) is 6.01. The van der Waals surface area contributed by atoms with Gasteiger partial charge in [-0.25, -0.2) is 9.97 Å². The third-order valence-corrected chi connectivity index (χ3v) is 8.80. The highest BCUT2D eigenvalue weighted by atomic mass is 32.1. The summed E-state index contributed by atoms with van der Waals surface area (Å²) in [5.74, 6) is -0.151. The molecule has 0 radical (unpaired) electrons. The second kappa shape index (κ2) is 11.7. The van der Waals surface area contributed by atoms with E-state index in [1.807, 2.05) is 61.5 Å². The van der Waals surface area contributed by atoms with E-state index in [4.69, 9.17) is 9.47 Å². The number of thiazole rings is 1. The molecule has 3 heterocycles. The molecule has 1 atom stereocenters. The molecule has 2 N–H and O–H groups in total. The van der Waals surface area contributed by atoms with Crippen molar-refractivity contribution in [3.05, 3.63) is 105 Å². The number of ether oxygens (including phenoxy) is 2. The zero-order valence-corrected chi connectivity index (χ0v) is 24.9. The molecule has 0 saturated carbocycles. The minimum Gasteiger partial charge on any atom is -0.352 e. The first-order valence-electron chi connectivity index (χ1n) is 13.8. The molecule has 0 saturated heterocycles. The second-order valence-electron chi connectivity index (χ2n) is 10.7. The molecule has 11 heteroatoms. The number of aryl methyl sites for hydroxylation is 1.